The topological polar surface area (TPSA) is 61.8 Å². The first-order chi connectivity index (χ1) is 11.6. The van der Waals surface area contributed by atoms with Crippen molar-refractivity contribution < 1.29 is 23.8 Å². The summed E-state index contributed by atoms with van der Waals surface area (Å²) in [4.78, 5) is 23.3. The molecule has 0 heterocycles. The molecule has 2 rings (SSSR count). The molecule has 25 heavy (non-hydrogen) atoms. The van der Waals surface area contributed by atoms with Crippen LogP contribution < -0.4 is 0 Å². The van der Waals surface area contributed by atoms with E-state index in [-0.39, 0.29) is 30.4 Å². The first-order valence-electron chi connectivity index (χ1n) is 9.44. The normalized spacial score (nSPS) is 32.8. The number of carbonyl (C=O) groups excluding carboxylic acids is 2. The van der Waals surface area contributed by atoms with Crippen LogP contribution in [0.15, 0.2) is 0 Å². The summed E-state index contributed by atoms with van der Waals surface area (Å²) in [6, 6.07) is 0. The van der Waals surface area contributed by atoms with Crippen LogP contribution >= 0.6 is 0 Å². The number of hydrogen-bond donors (Lipinski definition) is 0. The van der Waals surface area contributed by atoms with E-state index in [0.717, 1.165) is 19.3 Å². The van der Waals surface area contributed by atoms with Gasteiger partial charge in [0.2, 0.25) is 0 Å². The maximum atomic E-state index is 12.4. The SMILES string of the molecule is CC1CC2CC(C1)C(OCOC(=O)C(C)(C)C(C)(C)C)C(OC=O)C2. The molecule has 0 aliphatic heterocycles. The maximum absolute atomic E-state index is 12.4. The molecule has 2 fully saturated rings. The molecule has 0 aromatic heterocycles. The van der Waals surface area contributed by atoms with E-state index >= 15 is 0 Å². The Hall–Kier alpha value is -1.10. The van der Waals surface area contributed by atoms with E-state index in [0.29, 0.717) is 24.2 Å². The highest BCUT2D eigenvalue weighted by molar-refractivity contribution is 5.76. The first kappa shape index (κ1) is 20.2. The second kappa shape index (κ2) is 7.65. The molecule has 5 unspecified atom stereocenters. The van der Waals surface area contributed by atoms with Crippen LogP contribution in [0.25, 0.3) is 0 Å². The van der Waals surface area contributed by atoms with Gasteiger partial charge in [-0.3, -0.25) is 9.59 Å². The van der Waals surface area contributed by atoms with Crippen LogP contribution in [-0.2, 0) is 23.8 Å². The zero-order valence-electron chi connectivity index (χ0n) is 16.5. The van der Waals surface area contributed by atoms with Crippen LogP contribution in [0.1, 0.15) is 67.2 Å². The fraction of sp³-hybridized carbons (Fsp3) is 0.900. The van der Waals surface area contributed by atoms with Crippen LogP contribution in [0.2, 0.25) is 0 Å². The lowest BCUT2D eigenvalue weighted by atomic mass is 9.66. The van der Waals surface area contributed by atoms with Gasteiger partial charge in [-0.15, -0.1) is 0 Å². The highest BCUT2D eigenvalue weighted by atomic mass is 16.7. The molecule has 2 aliphatic rings. The molecule has 2 saturated carbocycles. The van der Waals surface area contributed by atoms with Gasteiger partial charge in [-0.05, 0) is 62.7 Å². The Morgan fingerprint density at radius 2 is 1.76 bits per heavy atom. The molecule has 0 aromatic rings. The molecule has 0 N–H and O–H groups in total. The Bertz CT molecular complexity index is 477. The zero-order chi connectivity index (χ0) is 18.8. The van der Waals surface area contributed by atoms with Gasteiger partial charge in [0, 0.05) is 0 Å². The number of fused-ring (bicyclic) bond motifs is 2. The van der Waals surface area contributed by atoms with Crippen LogP contribution in [0.4, 0.5) is 0 Å². The monoisotopic (exact) mass is 354 g/mol. The molecule has 5 atom stereocenters. The predicted octanol–water partition coefficient (Wildman–Crippen LogP) is 3.94. The molecule has 0 spiro atoms. The van der Waals surface area contributed by atoms with Gasteiger partial charge in [-0.1, -0.05) is 27.7 Å². The Labute approximate surface area is 151 Å². The summed E-state index contributed by atoms with van der Waals surface area (Å²) < 4.78 is 16.7. The molecule has 0 amide bonds. The molecule has 2 aliphatic carbocycles. The zero-order valence-corrected chi connectivity index (χ0v) is 16.5. The average molecular weight is 354 g/mol. The van der Waals surface area contributed by atoms with Gasteiger partial charge in [0.05, 0.1) is 5.41 Å². The van der Waals surface area contributed by atoms with Gasteiger partial charge < -0.3 is 14.2 Å². The van der Waals surface area contributed by atoms with E-state index in [1.165, 1.54) is 6.42 Å². The first-order valence-corrected chi connectivity index (χ1v) is 9.44. The van der Waals surface area contributed by atoms with Gasteiger partial charge in [0.1, 0.15) is 12.2 Å². The summed E-state index contributed by atoms with van der Waals surface area (Å²) in [6.07, 6.45) is 3.79. The van der Waals surface area contributed by atoms with Gasteiger partial charge in [0.25, 0.3) is 6.47 Å². The number of carbonyl (C=O) groups is 2. The summed E-state index contributed by atoms with van der Waals surface area (Å²) in [5.74, 6) is 1.36. The largest absolute Gasteiger partial charge is 0.462 e. The highest BCUT2D eigenvalue weighted by Crippen LogP contribution is 2.44. The molecule has 0 saturated heterocycles. The van der Waals surface area contributed by atoms with Crippen molar-refractivity contribution in [3.63, 3.8) is 0 Å². The number of ether oxygens (including phenoxy) is 3. The molecule has 144 valence electrons. The van der Waals surface area contributed by atoms with Gasteiger partial charge in [0.15, 0.2) is 6.79 Å². The molecule has 5 nitrogen and oxygen atoms in total. The maximum Gasteiger partial charge on any atom is 0.314 e. The van der Waals surface area contributed by atoms with Crippen molar-refractivity contribution in [3.8, 4) is 0 Å². The summed E-state index contributed by atoms with van der Waals surface area (Å²) in [5, 5.41) is 0. The smallest absolute Gasteiger partial charge is 0.314 e. The Morgan fingerprint density at radius 3 is 2.36 bits per heavy atom. The van der Waals surface area contributed by atoms with E-state index in [9.17, 15) is 9.59 Å². The van der Waals surface area contributed by atoms with Gasteiger partial charge >= 0.3 is 5.97 Å². The molecule has 0 radical (unpaired) electrons. The Balaban J connectivity index is 1.95. The minimum Gasteiger partial charge on any atom is -0.462 e. The van der Waals surface area contributed by atoms with Crippen molar-refractivity contribution in [3.05, 3.63) is 0 Å². The second-order valence-corrected chi connectivity index (χ2v) is 9.50. The van der Waals surface area contributed by atoms with Crippen molar-refractivity contribution in [2.24, 2.45) is 28.6 Å². The standard InChI is InChI=1S/C20H34O5/c1-13-7-14-9-15(8-13)17(16(10-14)23-11-21)24-12-25-18(22)20(5,6)19(2,3)4/h11,13-17H,7-10,12H2,1-6H3. The Morgan fingerprint density at radius 1 is 1.08 bits per heavy atom. The summed E-state index contributed by atoms with van der Waals surface area (Å²) in [5.41, 5.74) is -0.809. The predicted molar refractivity (Wildman–Crippen MR) is 94.6 cm³/mol. The third-order valence-corrected chi connectivity index (χ3v) is 6.54. The Kier molecular flexibility index (Phi) is 6.18. The van der Waals surface area contributed by atoms with Gasteiger partial charge in [-0.2, -0.15) is 0 Å². The quantitative estimate of drug-likeness (QED) is 0.411. The van der Waals surface area contributed by atoms with Crippen molar-refractivity contribution in [2.75, 3.05) is 6.79 Å². The molecular weight excluding hydrogens is 320 g/mol. The number of hydrogen-bond acceptors (Lipinski definition) is 5. The molecule has 0 aromatic carbocycles. The fourth-order valence-corrected chi connectivity index (χ4v) is 4.13. The lowest BCUT2D eigenvalue weighted by Crippen LogP contribution is -2.48. The van der Waals surface area contributed by atoms with Crippen LogP contribution in [-0.4, -0.2) is 31.4 Å². The van der Waals surface area contributed by atoms with Crippen LogP contribution in [0.3, 0.4) is 0 Å². The van der Waals surface area contributed by atoms with Crippen LogP contribution in [0, 0.1) is 28.6 Å². The van der Waals surface area contributed by atoms with Crippen molar-refractivity contribution in [2.45, 2.75) is 79.4 Å². The fourth-order valence-electron chi connectivity index (χ4n) is 4.13. The third-order valence-electron chi connectivity index (χ3n) is 6.54. The summed E-state index contributed by atoms with van der Waals surface area (Å²) >= 11 is 0. The number of rotatable bonds is 6. The molecular formula is C20H34O5. The van der Waals surface area contributed by atoms with Crippen molar-refractivity contribution in [1.82, 2.24) is 0 Å². The lowest BCUT2D eigenvalue weighted by molar-refractivity contribution is -0.199. The van der Waals surface area contributed by atoms with Crippen molar-refractivity contribution >= 4 is 12.4 Å². The average Bonchev–Trinajstić information content (AvgIpc) is 2.48. The molecule has 5 heteroatoms. The van der Waals surface area contributed by atoms with E-state index in [1.807, 2.05) is 34.6 Å². The second-order valence-electron chi connectivity index (χ2n) is 9.50. The minimum absolute atomic E-state index is 0.0860. The van der Waals surface area contributed by atoms with E-state index < -0.39 is 5.41 Å². The lowest BCUT2D eigenvalue weighted by Gasteiger charge is -2.45. The van der Waals surface area contributed by atoms with E-state index in [1.54, 1.807) is 0 Å². The van der Waals surface area contributed by atoms with E-state index in [2.05, 4.69) is 6.92 Å². The summed E-state index contributed by atoms with van der Waals surface area (Å²) in [6.45, 7) is 12.5. The van der Waals surface area contributed by atoms with Crippen molar-refractivity contribution in [1.29, 1.82) is 0 Å². The van der Waals surface area contributed by atoms with Gasteiger partial charge in [-0.25, -0.2) is 0 Å². The minimum atomic E-state index is -0.605. The third kappa shape index (κ3) is 4.55. The summed E-state index contributed by atoms with van der Waals surface area (Å²) in [7, 11) is 0. The molecule has 2 bridgehead atoms. The highest BCUT2D eigenvalue weighted by Gasteiger charge is 2.44. The van der Waals surface area contributed by atoms with E-state index in [4.69, 9.17) is 14.2 Å². The number of esters is 1. The van der Waals surface area contributed by atoms with Crippen LogP contribution in [0.5, 0.6) is 0 Å².